The highest BCUT2D eigenvalue weighted by Crippen LogP contribution is 2.17. The van der Waals surface area contributed by atoms with E-state index in [1.807, 2.05) is 0 Å². The monoisotopic (exact) mass is 215 g/mol. The van der Waals surface area contributed by atoms with Crippen LogP contribution >= 0.6 is 0 Å². The van der Waals surface area contributed by atoms with E-state index in [0.717, 1.165) is 12.8 Å². The van der Waals surface area contributed by atoms with Gasteiger partial charge in [0.2, 0.25) is 0 Å². The number of carbonyl (C=O) groups excluding carboxylic acids is 1. The Bertz CT molecular complexity index is 402. The van der Waals surface area contributed by atoms with Crippen LogP contribution in [-0.4, -0.2) is 28.9 Å². The van der Waals surface area contributed by atoms with Crippen molar-refractivity contribution in [3.05, 3.63) is 30.1 Å². The lowest BCUT2D eigenvalue weighted by atomic mass is 9.98. The standard InChI is InChI=1S/C12H13N3O/c13-8-10-3-6-15(7-4-10)12(16)11-2-1-5-14-9-11/h1-2,5,9-10H,3-4,6-7H2. The molecule has 0 radical (unpaired) electrons. The largest absolute Gasteiger partial charge is 0.339 e. The Morgan fingerprint density at radius 1 is 1.50 bits per heavy atom. The van der Waals surface area contributed by atoms with Crippen LogP contribution in [0.4, 0.5) is 0 Å². The molecule has 2 rings (SSSR count). The van der Waals surface area contributed by atoms with E-state index in [4.69, 9.17) is 5.26 Å². The Morgan fingerprint density at radius 3 is 2.81 bits per heavy atom. The molecule has 0 aromatic carbocycles. The lowest BCUT2D eigenvalue weighted by Crippen LogP contribution is -2.38. The molecule has 2 heterocycles. The SMILES string of the molecule is N#CC1CCN(C(=O)c2cccnc2)CC1. The van der Waals surface area contributed by atoms with E-state index in [1.54, 1.807) is 29.4 Å². The summed E-state index contributed by atoms with van der Waals surface area (Å²) in [5.74, 6) is 0.127. The number of carbonyl (C=O) groups is 1. The van der Waals surface area contributed by atoms with Crippen molar-refractivity contribution in [1.82, 2.24) is 9.88 Å². The molecule has 0 atom stereocenters. The summed E-state index contributed by atoms with van der Waals surface area (Å²) in [6.07, 6.45) is 4.79. The van der Waals surface area contributed by atoms with Gasteiger partial charge in [-0.2, -0.15) is 5.26 Å². The van der Waals surface area contributed by atoms with E-state index < -0.39 is 0 Å². The van der Waals surface area contributed by atoms with Crippen molar-refractivity contribution < 1.29 is 4.79 Å². The molecule has 1 saturated heterocycles. The third kappa shape index (κ3) is 2.19. The lowest BCUT2D eigenvalue weighted by molar-refractivity contribution is 0.0707. The zero-order valence-corrected chi connectivity index (χ0v) is 8.97. The summed E-state index contributed by atoms with van der Waals surface area (Å²) >= 11 is 0. The molecule has 1 aromatic rings. The molecule has 4 nitrogen and oxygen atoms in total. The molecular formula is C12H13N3O. The summed E-state index contributed by atoms with van der Waals surface area (Å²) < 4.78 is 0. The van der Waals surface area contributed by atoms with Crippen molar-refractivity contribution in [2.45, 2.75) is 12.8 Å². The number of hydrogen-bond donors (Lipinski definition) is 0. The fourth-order valence-electron chi connectivity index (χ4n) is 1.88. The van der Waals surface area contributed by atoms with Crippen LogP contribution in [0, 0.1) is 17.2 Å². The van der Waals surface area contributed by atoms with Gasteiger partial charge in [0.25, 0.3) is 5.91 Å². The summed E-state index contributed by atoms with van der Waals surface area (Å²) in [5, 5.41) is 8.77. The third-order valence-electron chi connectivity index (χ3n) is 2.87. The maximum absolute atomic E-state index is 12.0. The van der Waals surface area contributed by atoms with E-state index >= 15 is 0 Å². The third-order valence-corrected chi connectivity index (χ3v) is 2.87. The molecule has 1 amide bonds. The molecule has 1 fully saturated rings. The topological polar surface area (TPSA) is 57.0 Å². The van der Waals surface area contributed by atoms with Crippen molar-refractivity contribution in [3.63, 3.8) is 0 Å². The Balaban J connectivity index is 2.00. The van der Waals surface area contributed by atoms with Crippen LogP contribution in [0.5, 0.6) is 0 Å². The van der Waals surface area contributed by atoms with E-state index in [-0.39, 0.29) is 11.8 Å². The Labute approximate surface area is 94.5 Å². The van der Waals surface area contributed by atoms with Crippen LogP contribution < -0.4 is 0 Å². The average Bonchev–Trinajstić information content (AvgIpc) is 2.39. The fraction of sp³-hybridized carbons (Fsp3) is 0.417. The van der Waals surface area contributed by atoms with Crippen molar-refractivity contribution in [2.75, 3.05) is 13.1 Å². The molecule has 1 aliphatic heterocycles. The average molecular weight is 215 g/mol. The van der Waals surface area contributed by atoms with Crippen LogP contribution in [0.25, 0.3) is 0 Å². The first kappa shape index (κ1) is 10.6. The predicted molar refractivity (Wildman–Crippen MR) is 58.5 cm³/mol. The quantitative estimate of drug-likeness (QED) is 0.712. The zero-order chi connectivity index (χ0) is 11.4. The van der Waals surface area contributed by atoms with Gasteiger partial charge in [-0.05, 0) is 25.0 Å². The number of piperidine rings is 1. The molecule has 0 spiro atoms. The molecule has 0 unspecified atom stereocenters. The second-order valence-electron chi connectivity index (χ2n) is 3.94. The number of likely N-dealkylation sites (tertiary alicyclic amines) is 1. The van der Waals surface area contributed by atoms with E-state index in [2.05, 4.69) is 11.1 Å². The van der Waals surface area contributed by atoms with Gasteiger partial charge in [0.15, 0.2) is 0 Å². The number of amides is 1. The minimum Gasteiger partial charge on any atom is -0.339 e. The van der Waals surface area contributed by atoms with Gasteiger partial charge in [-0.25, -0.2) is 0 Å². The summed E-state index contributed by atoms with van der Waals surface area (Å²) in [6, 6.07) is 5.78. The van der Waals surface area contributed by atoms with Crippen LogP contribution in [0.3, 0.4) is 0 Å². The second-order valence-corrected chi connectivity index (χ2v) is 3.94. The van der Waals surface area contributed by atoms with Crippen molar-refractivity contribution in [1.29, 1.82) is 5.26 Å². The van der Waals surface area contributed by atoms with Gasteiger partial charge < -0.3 is 4.90 Å². The lowest BCUT2D eigenvalue weighted by Gasteiger charge is -2.29. The number of nitriles is 1. The maximum Gasteiger partial charge on any atom is 0.255 e. The molecular weight excluding hydrogens is 202 g/mol. The number of rotatable bonds is 1. The van der Waals surface area contributed by atoms with Crippen molar-refractivity contribution >= 4 is 5.91 Å². The molecule has 0 N–H and O–H groups in total. The Kier molecular flexibility index (Phi) is 3.16. The van der Waals surface area contributed by atoms with Gasteiger partial charge >= 0.3 is 0 Å². The molecule has 0 aliphatic carbocycles. The first-order chi connectivity index (χ1) is 7.81. The van der Waals surface area contributed by atoms with E-state index in [1.165, 1.54) is 0 Å². The van der Waals surface area contributed by atoms with Gasteiger partial charge in [-0.3, -0.25) is 9.78 Å². The maximum atomic E-state index is 12.0. The molecule has 4 heteroatoms. The minimum atomic E-state index is 0.0180. The summed E-state index contributed by atoms with van der Waals surface area (Å²) in [6.45, 7) is 1.35. The van der Waals surface area contributed by atoms with Crippen molar-refractivity contribution in [2.24, 2.45) is 5.92 Å². The van der Waals surface area contributed by atoms with Gasteiger partial charge in [0.1, 0.15) is 0 Å². The highest BCUT2D eigenvalue weighted by Gasteiger charge is 2.23. The summed E-state index contributed by atoms with van der Waals surface area (Å²) in [5.41, 5.74) is 0.623. The van der Waals surface area contributed by atoms with Gasteiger partial charge in [-0.15, -0.1) is 0 Å². The smallest absolute Gasteiger partial charge is 0.255 e. The normalized spacial score (nSPS) is 16.8. The number of aromatic nitrogens is 1. The Hall–Kier alpha value is -1.89. The zero-order valence-electron chi connectivity index (χ0n) is 8.97. The van der Waals surface area contributed by atoms with Crippen molar-refractivity contribution in [3.8, 4) is 6.07 Å². The highest BCUT2D eigenvalue weighted by molar-refractivity contribution is 5.93. The van der Waals surface area contributed by atoms with Crippen LogP contribution in [0.2, 0.25) is 0 Å². The molecule has 0 bridgehead atoms. The summed E-state index contributed by atoms with van der Waals surface area (Å²) in [7, 11) is 0. The van der Waals surface area contributed by atoms with E-state index in [0.29, 0.717) is 18.7 Å². The molecule has 1 aliphatic rings. The number of nitrogens with zero attached hydrogens (tertiary/aromatic N) is 3. The van der Waals surface area contributed by atoms with Crippen LogP contribution in [-0.2, 0) is 0 Å². The second kappa shape index (κ2) is 4.75. The minimum absolute atomic E-state index is 0.0180. The van der Waals surface area contributed by atoms with Crippen LogP contribution in [0.15, 0.2) is 24.5 Å². The molecule has 16 heavy (non-hydrogen) atoms. The van der Waals surface area contributed by atoms with Gasteiger partial charge in [0.05, 0.1) is 11.6 Å². The van der Waals surface area contributed by atoms with E-state index in [9.17, 15) is 4.79 Å². The van der Waals surface area contributed by atoms with Gasteiger partial charge in [0, 0.05) is 31.4 Å². The summed E-state index contributed by atoms with van der Waals surface area (Å²) in [4.78, 5) is 17.7. The first-order valence-electron chi connectivity index (χ1n) is 5.40. The van der Waals surface area contributed by atoms with Crippen LogP contribution in [0.1, 0.15) is 23.2 Å². The first-order valence-corrected chi connectivity index (χ1v) is 5.40. The Morgan fingerprint density at radius 2 is 2.25 bits per heavy atom. The predicted octanol–water partition coefficient (Wildman–Crippen LogP) is 1.46. The molecule has 82 valence electrons. The van der Waals surface area contributed by atoms with Gasteiger partial charge in [-0.1, -0.05) is 0 Å². The molecule has 1 aromatic heterocycles. The fourth-order valence-corrected chi connectivity index (χ4v) is 1.88. The highest BCUT2D eigenvalue weighted by atomic mass is 16.2. The molecule has 0 saturated carbocycles. The number of hydrogen-bond acceptors (Lipinski definition) is 3. The number of pyridine rings is 1.